The number of esters is 2. The van der Waals surface area contributed by atoms with Crippen molar-refractivity contribution in [1.82, 2.24) is 19.8 Å². The van der Waals surface area contributed by atoms with Crippen molar-refractivity contribution < 1.29 is 48.2 Å². The molecule has 0 bridgehead atoms. The second-order valence-electron chi connectivity index (χ2n) is 19.9. The second-order valence-corrected chi connectivity index (χ2v) is 20.7. The molecule has 0 aliphatic carbocycles. The van der Waals surface area contributed by atoms with Crippen molar-refractivity contribution in [2.45, 2.75) is 78.4 Å². The summed E-state index contributed by atoms with van der Waals surface area (Å²) in [5.74, 6) is 0.0522. The van der Waals surface area contributed by atoms with Crippen LogP contribution in [0.1, 0.15) is 68.5 Å². The molecule has 18 heteroatoms. The van der Waals surface area contributed by atoms with E-state index < -0.39 is 36.0 Å². The summed E-state index contributed by atoms with van der Waals surface area (Å²) < 4.78 is 35.9. The molecule has 16 nitrogen and oxygen atoms in total. The first kappa shape index (κ1) is 55.8. The zero-order valence-electron chi connectivity index (χ0n) is 44.4. The Kier molecular flexibility index (Phi) is 18.4. The number of piperidine rings is 2. The number of carbonyl (C=O) groups excluding carboxylic acids is 2. The fourth-order valence-corrected chi connectivity index (χ4v) is 10.6. The number of rotatable bonds is 21. The number of nitrogens with zero attached hydrogens (tertiary/aromatic N) is 6. The van der Waals surface area contributed by atoms with Gasteiger partial charge in [0.2, 0.25) is 0 Å². The van der Waals surface area contributed by atoms with E-state index in [1.165, 1.54) is 14.2 Å². The number of methoxy groups -OCH3 is 2. The van der Waals surface area contributed by atoms with Gasteiger partial charge in [-0.1, -0.05) is 59.6 Å². The molecule has 3 aliphatic heterocycles. The van der Waals surface area contributed by atoms with Crippen LogP contribution in [0.5, 0.6) is 23.0 Å². The third-order valence-electron chi connectivity index (χ3n) is 14.6. The minimum atomic E-state index is -0.875. The van der Waals surface area contributed by atoms with Crippen LogP contribution >= 0.6 is 23.2 Å². The maximum atomic E-state index is 12.3. The van der Waals surface area contributed by atoms with Gasteiger partial charge in [0.05, 0.1) is 60.6 Å². The van der Waals surface area contributed by atoms with E-state index >= 15 is 0 Å². The number of aromatic nitrogens is 2. The highest BCUT2D eigenvalue weighted by Crippen LogP contribution is 2.39. The molecule has 2 aromatic heterocycles. The predicted octanol–water partition coefficient (Wildman–Crippen LogP) is 8.95. The van der Waals surface area contributed by atoms with Crippen molar-refractivity contribution in [3.05, 3.63) is 163 Å². The molecule has 9 rings (SSSR count). The zero-order chi connectivity index (χ0) is 54.9. The predicted molar refractivity (Wildman–Crippen MR) is 298 cm³/mol. The summed E-state index contributed by atoms with van der Waals surface area (Å²) in [7, 11) is 4.38. The smallest absolute Gasteiger partial charge is 0.311 e. The zero-order valence-corrected chi connectivity index (χ0v) is 45.9. The number of aliphatic hydroxyl groups excluding tert-OH is 2. The van der Waals surface area contributed by atoms with E-state index in [4.69, 9.17) is 51.6 Å². The van der Waals surface area contributed by atoms with Gasteiger partial charge in [0.25, 0.3) is 0 Å². The summed E-state index contributed by atoms with van der Waals surface area (Å²) in [4.78, 5) is 46.0. The summed E-state index contributed by atoms with van der Waals surface area (Å²) >= 11 is 14.0. The number of carbonyl (C=O) groups is 2. The lowest BCUT2D eigenvalue weighted by Gasteiger charge is -2.34. The Hall–Kier alpha value is -6.92. The van der Waals surface area contributed by atoms with Crippen molar-refractivity contribution in [2.24, 2.45) is 21.8 Å². The molecular weight excluding hydrogens is 1040 g/mol. The summed E-state index contributed by atoms with van der Waals surface area (Å²) in [5, 5.41) is 22.6. The molecule has 0 radical (unpaired) electrons. The number of pyridine rings is 2. The molecule has 0 amide bonds. The molecule has 0 saturated carbocycles. The quantitative estimate of drug-likeness (QED) is 0.0514. The molecule has 0 spiro atoms. The molecule has 2 fully saturated rings. The highest BCUT2D eigenvalue weighted by Gasteiger charge is 2.35. The first-order valence-electron chi connectivity index (χ1n) is 25.9. The molecule has 2 saturated heterocycles. The van der Waals surface area contributed by atoms with Crippen molar-refractivity contribution in [2.75, 3.05) is 54.0 Å². The minimum absolute atomic E-state index is 0.219. The maximum Gasteiger partial charge on any atom is 0.311 e. The van der Waals surface area contributed by atoms with Crippen molar-refractivity contribution in [3.8, 4) is 34.1 Å². The van der Waals surface area contributed by atoms with Gasteiger partial charge in [-0.15, -0.1) is 0 Å². The summed E-state index contributed by atoms with van der Waals surface area (Å²) in [6.45, 7) is 8.33. The topological polar surface area (TPSA) is 187 Å². The molecule has 5 heterocycles. The summed E-state index contributed by atoms with van der Waals surface area (Å²) in [6, 6.07) is 23.6. The lowest BCUT2D eigenvalue weighted by Crippen LogP contribution is -2.46. The Balaban J connectivity index is 0.910. The largest absolute Gasteiger partial charge is 0.488 e. The Morgan fingerprint density at radius 3 is 1.58 bits per heavy atom. The fourth-order valence-electron chi connectivity index (χ4n) is 10.2. The van der Waals surface area contributed by atoms with Crippen molar-refractivity contribution >= 4 is 47.1 Å². The van der Waals surface area contributed by atoms with Gasteiger partial charge in [0.15, 0.2) is 0 Å². The lowest BCUT2D eigenvalue weighted by molar-refractivity contribution is -0.153. The van der Waals surface area contributed by atoms with Crippen LogP contribution in [0.15, 0.2) is 108 Å². The van der Waals surface area contributed by atoms with E-state index in [0.717, 1.165) is 72.5 Å². The van der Waals surface area contributed by atoms with Gasteiger partial charge >= 0.3 is 11.9 Å². The molecule has 4 aromatic carbocycles. The highest BCUT2D eigenvalue weighted by atomic mass is 35.5. The monoisotopic (exact) mass is 1100 g/mol. The van der Waals surface area contributed by atoms with Crippen LogP contribution in [0.2, 0.25) is 10.0 Å². The number of ether oxygens (including phenoxy) is 6. The first-order chi connectivity index (χ1) is 37.8. The number of halogens is 2. The molecule has 4 unspecified atom stereocenters. The Labute approximate surface area is 464 Å². The minimum Gasteiger partial charge on any atom is -0.488 e. The number of benzene rings is 4. The van der Waals surface area contributed by atoms with E-state index in [-0.39, 0.29) is 39.5 Å². The third-order valence-corrected chi connectivity index (χ3v) is 15.2. The van der Waals surface area contributed by atoms with E-state index in [0.29, 0.717) is 78.6 Å². The first-order valence-corrected chi connectivity index (χ1v) is 26.7. The van der Waals surface area contributed by atoms with Crippen molar-refractivity contribution in [3.63, 3.8) is 0 Å². The maximum absolute atomic E-state index is 12.3. The molecule has 4 atom stereocenters. The number of aliphatic imine (C=N–C) groups is 2. The van der Waals surface area contributed by atoms with Gasteiger partial charge in [-0.25, -0.2) is 0 Å². The Morgan fingerprint density at radius 2 is 1.12 bits per heavy atom. The molecule has 2 N–H and O–H groups in total. The van der Waals surface area contributed by atoms with Crippen LogP contribution in [-0.2, 0) is 58.6 Å². The van der Waals surface area contributed by atoms with Gasteiger partial charge in [0.1, 0.15) is 49.4 Å². The van der Waals surface area contributed by atoms with Gasteiger partial charge in [-0.2, -0.15) is 0 Å². The van der Waals surface area contributed by atoms with Gasteiger partial charge in [-0.3, -0.25) is 39.3 Å². The average Bonchev–Trinajstić information content (AvgIpc) is 4.32. The molecule has 408 valence electrons. The van der Waals surface area contributed by atoms with Crippen LogP contribution in [0.25, 0.3) is 11.1 Å². The third kappa shape index (κ3) is 13.7. The van der Waals surface area contributed by atoms with Crippen LogP contribution in [0, 0.1) is 25.7 Å². The van der Waals surface area contributed by atoms with Gasteiger partial charge in [0, 0.05) is 110 Å². The average molecular weight is 1100 g/mol. The van der Waals surface area contributed by atoms with Gasteiger partial charge in [-0.05, 0) is 97.4 Å². The van der Waals surface area contributed by atoms with E-state index in [2.05, 4.69) is 55.7 Å². The second kappa shape index (κ2) is 25.7. The van der Waals surface area contributed by atoms with E-state index in [1.54, 1.807) is 38.0 Å². The number of aliphatic hydroxyl groups is 2. The van der Waals surface area contributed by atoms with Crippen LogP contribution in [0.3, 0.4) is 0 Å². The van der Waals surface area contributed by atoms with Crippen LogP contribution < -0.4 is 18.9 Å². The normalized spacial score (nSPS) is 18.6. The number of β-amino-alcohol motifs (C(OH)–C–C–N with tert-alkyl or cyclic N) is 2. The van der Waals surface area contributed by atoms with E-state index in [9.17, 15) is 19.8 Å². The SMILES string of the molecule is C/N=C/c1cncc(COc2cc(OCc3cccc(-c4cccc(COc5cc(OCc6cncc(C7=NC7)c6)c(CN6CCC(C(=O)OC)C(O)C6)cc5Cl)c4C)c3C)c(Cl)cc2CN2CCC(C(=O)OC)C(O)C2)c1. The molecular formula is C60H64Cl2N6O10. The van der Waals surface area contributed by atoms with E-state index in [1.807, 2.05) is 60.7 Å². The number of hydrogen-bond acceptors (Lipinski definition) is 16. The number of likely N-dealkylation sites (tertiary alicyclic amines) is 2. The standard InChI is InChI=1S/C60H64Cl2N6O10/c1-36-41(34-77-57-20-55(75-32-39-16-38(22-63-3)23-64-24-39)44(18-50(57)61)28-67-14-12-48(53(69)30-67)59(71)73-4)8-6-10-46(36)47-11-7-9-42(37(47)2)35-78-58-21-56(76-33-40-17-43(26-65-25-40)52-27-66-52)45(19-51(58)62)29-68-15-13-49(54(70)31-68)60(72)74-5/h6-11,16-26,48-49,53-54,69-70H,12-15,27-35H2,1-5H3/b63-22+. The fraction of sp³-hybridized carbons (Fsp3) is 0.367. The lowest BCUT2D eigenvalue weighted by atomic mass is 9.92. The number of hydrogen-bond donors (Lipinski definition) is 2. The van der Waals surface area contributed by atoms with Crippen molar-refractivity contribution in [1.29, 1.82) is 0 Å². The Bertz CT molecular complexity index is 3210. The highest BCUT2D eigenvalue weighted by molar-refractivity contribution is 6.32. The van der Waals surface area contributed by atoms with Gasteiger partial charge < -0.3 is 38.6 Å². The van der Waals surface area contributed by atoms with Crippen LogP contribution in [0.4, 0.5) is 0 Å². The Morgan fingerprint density at radius 1 is 0.641 bits per heavy atom. The summed E-state index contributed by atoms with van der Waals surface area (Å²) in [5.41, 5.74) is 12.3. The molecule has 3 aliphatic rings. The summed E-state index contributed by atoms with van der Waals surface area (Å²) in [6.07, 6.45) is 7.96. The van der Waals surface area contributed by atoms with Crippen LogP contribution in [-0.4, -0.2) is 120 Å². The molecule has 78 heavy (non-hydrogen) atoms. The molecule has 6 aromatic rings.